The molecule has 90 valence electrons. The van der Waals surface area contributed by atoms with Gasteiger partial charge in [0.1, 0.15) is 6.04 Å². The van der Waals surface area contributed by atoms with E-state index in [1.807, 2.05) is 29.3 Å². The van der Waals surface area contributed by atoms with Crippen LogP contribution in [-0.2, 0) is 6.54 Å². The Labute approximate surface area is 104 Å². The average Bonchev–Trinajstić information content (AvgIpc) is 2.40. The molecule has 5 nitrogen and oxygen atoms in total. The molecular weight excluding hydrogens is 230 g/mol. The lowest BCUT2D eigenvalue weighted by Gasteiger charge is -2.25. The Balaban J connectivity index is 2.10. The number of hydrogen-bond donors (Lipinski definition) is 0. The minimum atomic E-state index is -0.425. The van der Waals surface area contributed by atoms with Gasteiger partial charge in [0.2, 0.25) is 0 Å². The summed E-state index contributed by atoms with van der Waals surface area (Å²) in [6, 6.07) is 8.26. The van der Waals surface area contributed by atoms with E-state index in [2.05, 4.69) is 6.07 Å². The molecule has 0 amide bonds. The molecule has 1 aliphatic heterocycles. The monoisotopic (exact) mass is 241 g/mol. The number of non-ortho nitro benzene ring substituents is 1. The van der Waals surface area contributed by atoms with Crippen molar-refractivity contribution in [1.82, 2.24) is 4.90 Å². The Kier molecular flexibility index (Phi) is 3.39. The topological polar surface area (TPSA) is 70.2 Å². The third-order valence-corrected chi connectivity index (χ3v) is 2.68. The number of nitriles is 1. The second-order valence-electron chi connectivity index (χ2n) is 3.90. The van der Waals surface area contributed by atoms with Crippen LogP contribution in [0.3, 0.4) is 0 Å². The summed E-state index contributed by atoms with van der Waals surface area (Å²) in [6.07, 6.45) is 7.35. The van der Waals surface area contributed by atoms with Crippen molar-refractivity contribution in [1.29, 1.82) is 5.26 Å². The third kappa shape index (κ3) is 2.55. The summed E-state index contributed by atoms with van der Waals surface area (Å²) in [6.45, 7) is 0.553. The van der Waals surface area contributed by atoms with Crippen molar-refractivity contribution in [3.8, 4) is 6.07 Å². The quantitative estimate of drug-likeness (QED) is 0.601. The molecule has 0 aliphatic carbocycles. The van der Waals surface area contributed by atoms with Crippen molar-refractivity contribution in [2.24, 2.45) is 0 Å². The van der Waals surface area contributed by atoms with E-state index < -0.39 is 4.92 Å². The van der Waals surface area contributed by atoms with Gasteiger partial charge in [0.15, 0.2) is 0 Å². The molecule has 0 fully saturated rings. The number of rotatable bonds is 3. The fourth-order valence-corrected chi connectivity index (χ4v) is 1.74. The normalized spacial score (nSPS) is 17.5. The van der Waals surface area contributed by atoms with Crippen LogP contribution < -0.4 is 0 Å². The third-order valence-electron chi connectivity index (χ3n) is 2.68. The first-order valence-corrected chi connectivity index (χ1v) is 5.44. The van der Waals surface area contributed by atoms with Crippen molar-refractivity contribution in [2.45, 2.75) is 12.6 Å². The van der Waals surface area contributed by atoms with Gasteiger partial charge in [0.05, 0.1) is 11.0 Å². The van der Waals surface area contributed by atoms with Crippen LogP contribution in [0.4, 0.5) is 5.69 Å². The molecule has 1 heterocycles. The zero-order valence-corrected chi connectivity index (χ0v) is 9.56. The molecule has 0 bridgehead atoms. The van der Waals surface area contributed by atoms with Crippen LogP contribution in [0.25, 0.3) is 0 Å². The van der Waals surface area contributed by atoms with E-state index in [1.165, 1.54) is 12.1 Å². The second kappa shape index (κ2) is 5.15. The van der Waals surface area contributed by atoms with Crippen molar-refractivity contribution in [3.05, 3.63) is 64.4 Å². The summed E-state index contributed by atoms with van der Waals surface area (Å²) in [5.74, 6) is 0. The highest BCUT2D eigenvalue weighted by Gasteiger charge is 2.14. The standard InChI is InChI=1S/C13H11N3O2/c14-9-13-3-1-2-8-15(13)10-11-4-6-12(7-5-11)16(17)18/h1-8,13H,10H2. The SMILES string of the molecule is N#CC1C=CC=CN1Cc1ccc([N+](=O)[O-])cc1. The Bertz CT molecular complexity index is 540. The number of allylic oxidation sites excluding steroid dienone is 2. The highest BCUT2D eigenvalue weighted by atomic mass is 16.6. The molecule has 1 aliphatic rings. The van der Waals surface area contributed by atoms with E-state index in [1.54, 1.807) is 12.1 Å². The molecule has 0 aromatic heterocycles. The van der Waals surface area contributed by atoms with Crippen LogP contribution in [-0.4, -0.2) is 15.9 Å². The Morgan fingerprint density at radius 1 is 1.33 bits per heavy atom. The molecule has 1 aromatic carbocycles. The number of benzene rings is 1. The van der Waals surface area contributed by atoms with Crippen LogP contribution in [0.5, 0.6) is 0 Å². The highest BCUT2D eigenvalue weighted by molar-refractivity contribution is 5.33. The second-order valence-corrected chi connectivity index (χ2v) is 3.90. The molecule has 0 saturated carbocycles. The molecule has 18 heavy (non-hydrogen) atoms. The molecule has 1 unspecified atom stereocenters. The van der Waals surface area contributed by atoms with Crippen LogP contribution >= 0.6 is 0 Å². The van der Waals surface area contributed by atoms with E-state index in [0.29, 0.717) is 6.54 Å². The maximum atomic E-state index is 10.5. The average molecular weight is 241 g/mol. The Morgan fingerprint density at radius 2 is 2.06 bits per heavy atom. The summed E-state index contributed by atoms with van der Waals surface area (Å²) in [4.78, 5) is 12.0. The Morgan fingerprint density at radius 3 is 2.67 bits per heavy atom. The highest BCUT2D eigenvalue weighted by Crippen LogP contribution is 2.16. The molecule has 0 radical (unpaired) electrons. The predicted molar refractivity (Wildman–Crippen MR) is 66.3 cm³/mol. The van der Waals surface area contributed by atoms with E-state index in [-0.39, 0.29) is 11.7 Å². The predicted octanol–water partition coefficient (Wildman–Crippen LogP) is 2.37. The largest absolute Gasteiger partial charge is 0.354 e. The zero-order chi connectivity index (χ0) is 13.0. The van der Waals surface area contributed by atoms with Gasteiger partial charge < -0.3 is 4.90 Å². The summed E-state index contributed by atoms with van der Waals surface area (Å²) in [7, 11) is 0. The lowest BCUT2D eigenvalue weighted by molar-refractivity contribution is -0.384. The lowest BCUT2D eigenvalue weighted by atomic mass is 10.1. The molecule has 1 atom stereocenters. The van der Waals surface area contributed by atoms with E-state index in [9.17, 15) is 10.1 Å². The summed E-state index contributed by atoms with van der Waals surface area (Å²) >= 11 is 0. The smallest absolute Gasteiger partial charge is 0.269 e. The molecule has 0 spiro atoms. The van der Waals surface area contributed by atoms with Gasteiger partial charge in [-0.25, -0.2) is 0 Å². The van der Waals surface area contributed by atoms with Crippen molar-refractivity contribution >= 4 is 5.69 Å². The molecular formula is C13H11N3O2. The van der Waals surface area contributed by atoms with Gasteiger partial charge in [-0.3, -0.25) is 10.1 Å². The summed E-state index contributed by atoms with van der Waals surface area (Å²) in [5.41, 5.74) is 1.01. The van der Waals surface area contributed by atoms with Gasteiger partial charge in [-0.1, -0.05) is 18.2 Å². The fraction of sp³-hybridized carbons (Fsp3) is 0.154. The maximum absolute atomic E-state index is 10.5. The van der Waals surface area contributed by atoms with Gasteiger partial charge in [0.25, 0.3) is 5.69 Å². The minimum absolute atomic E-state index is 0.0738. The van der Waals surface area contributed by atoms with Crippen molar-refractivity contribution < 1.29 is 4.92 Å². The van der Waals surface area contributed by atoms with E-state index >= 15 is 0 Å². The van der Waals surface area contributed by atoms with Crippen molar-refractivity contribution in [2.75, 3.05) is 0 Å². The summed E-state index contributed by atoms with van der Waals surface area (Å²) < 4.78 is 0. The van der Waals surface area contributed by atoms with Crippen LogP contribution in [0, 0.1) is 21.4 Å². The zero-order valence-electron chi connectivity index (χ0n) is 9.56. The van der Waals surface area contributed by atoms with Crippen molar-refractivity contribution in [3.63, 3.8) is 0 Å². The molecule has 1 aromatic rings. The van der Waals surface area contributed by atoms with Crippen LogP contribution in [0.2, 0.25) is 0 Å². The van der Waals surface area contributed by atoms with Crippen LogP contribution in [0.15, 0.2) is 48.7 Å². The number of nitro benzene ring substituents is 1. The van der Waals surface area contributed by atoms with Gasteiger partial charge >= 0.3 is 0 Å². The van der Waals surface area contributed by atoms with E-state index in [4.69, 9.17) is 5.26 Å². The van der Waals surface area contributed by atoms with Gasteiger partial charge in [0, 0.05) is 24.9 Å². The molecule has 5 heteroatoms. The van der Waals surface area contributed by atoms with E-state index in [0.717, 1.165) is 5.56 Å². The first-order chi connectivity index (χ1) is 8.70. The molecule has 0 N–H and O–H groups in total. The van der Waals surface area contributed by atoms with Gasteiger partial charge in [-0.05, 0) is 17.7 Å². The number of nitrogens with zero attached hydrogens (tertiary/aromatic N) is 3. The number of nitro groups is 1. The number of hydrogen-bond acceptors (Lipinski definition) is 4. The van der Waals surface area contributed by atoms with Crippen LogP contribution in [0.1, 0.15) is 5.56 Å². The first kappa shape index (κ1) is 11.9. The Hall–Kier alpha value is -2.61. The lowest BCUT2D eigenvalue weighted by Crippen LogP contribution is -2.28. The summed E-state index contributed by atoms with van der Waals surface area (Å²) in [5, 5.41) is 19.5. The fourth-order valence-electron chi connectivity index (χ4n) is 1.74. The molecule has 0 saturated heterocycles. The first-order valence-electron chi connectivity index (χ1n) is 5.44. The van der Waals surface area contributed by atoms with Gasteiger partial charge in [-0.15, -0.1) is 0 Å². The maximum Gasteiger partial charge on any atom is 0.269 e. The van der Waals surface area contributed by atoms with Gasteiger partial charge in [-0.2, -0.15) is 5.26 Å². The minimum Gasteiger partial charge on any atom is -0.354 e. The molecule has 2 rings (SSSR count).